The molecule has 0 spiro atoms. The van der Waals surface area contributed by atoms with E-state index in [9.17, 15) is 18.0 Å². The van der Waals surface area contributed by atoms with E-state index in [0.29, 0.717) is 57.1 Å². The Morgan fingerprint density at radius 2 is 1.85 bits per heavy atom. The molecule has 0 radical (unpaired) electrons. The number of hydrogen-bond acceptors (Lipinski definition) is 6. The third kappa shape index (κ3) is 5.56. The molecule has 0 bridgehead atoms. The van der Waals surface area contributed by atoms with Crippen LogP contribution in [-0.4, -0.2) is 62.2 Å². The summed E-state index contributed by atoms with van der Waals surface area (Å²) in [7, 11) is -3.68. The van der Waals surface area contributed by atoms with E-state index in [1.54, 1.807) is 36.9 Å². The second kappa shape index (κ2) is 10.8. The van der Waals surface area contributed by atoms with Crippen molar-refractivity contribution in [1.82, 2.24) is 9.21 Å². The summed E-state index contributed by atoms with van der Waals surface area (Å²) >= 11 is 0. The maximum absolute atomic E-state index is 13.0. The smallest absolute Gasteiger partial charge is 0.289 e. The van der Waals surface area contributed by atoms with E-state index in [4.69, 9.17) is 9.15 Å². The minimum absolute atomic E-state index is 0.101. The summed E-state index contributed by atoms with van der Waals surface area (Å²) in [4.78, 5) is 27.2. The summed E-state index contributed by atoms with van der Waals surface area (Å²) in [6, 6.07) is 7.80. The van der Waals surface area contributed by atoms with Gasteiger partial charge in [0.1, 0.15) is 5.75 Å². The maximum atomic E-state index is 13.0. The fourth-order valence-electron chi connectivity index (χ4n) is 3.90. The first-order chi connectivity index (χ1) is 15.8. The highest BCUT2D eigenvalue weighted by Crippen LogP contribution is 2.31. The number of nitrogens with one attached hydrogen (secondary N) is 1. The van der Waals surface area contributed by atoms with Crippen LogP contribution in [0.1, 0.15) is 44.2 Å². The Labute approximate surface area is 194 Å². The van der Waals surface area contributed by atoms with Gasteiger partial charge in [-0.2, -0.15) is 4.31 Å². The molecule has 0 atom stereocenters. The highest BCUT2D eigenvalue weighted by Gasteiger charge is 2.30. The predicted octanol–water partition coefficient (Wildman–Crippen LogP) is 3.20. The fourth-order valence-corrected chi connectivity index (χ4v) is 5.38. The van der Waals surface area contributed by atoms with E-state index < -0.39 is 10.0 Å². The summed E-state index contributed by atoms with van der Waals surface area (Å²) in [6.45, 7) is 7.32. The van der Waals surface area contributed by atoms with Gasteiger partial charge in [-0.05, 0) is 50.1 Å². The second-order valence-electron chi connectivity index (χ2n) is 7.71. The highest BCUT2D eigenvalue weighted by molar-refractivity contribution is 7.89. The molecule has 180 valence electrons. The molecule has 2 aromatic rings. The molecule has 10 heteroatoms. The standard InChI is InChI=1S/C23H31N3O6S/c1-4-26(5-2)33(29,30)18-9-10-20(31-6-3)19(16-18)24-22(27)17-11-13-25(14-12-17)23(28)21-8-7-15-32-21/h7-10,15-17H,4-6,11-14H2,1-3H3,(H,24,27). The van der Waals surface area contributed by atoms with Crippen LogP contribution in [0.4, 0.5) is 5.69 Å². The van der Waals surface area contributed by atoms with Crippen molar-refractivity contribution in [2.75, 3.05) is 38.1 Å². The number of furan rings is 1. The summed E-state index contributed by atoms with van der Waals surface area (Å²) in [5, 5.41) is 2.86. The van der Waals surface area contributed by atoms with Gasteiger partial charge in [-0.15, -0.1) is 0 Å². The quantitative estimate of drug-likeness (QED) is 0.594. The summed E-state index contributed by atoms with van der Waals surface area (Å²) in [5.74, 6) is -0.0197. The molecule has 3 rings (SSSR count). The first kappa shape index (κ1) is 24.8. The van der Waals surface area contributed by atoms with E-state index in [1.165, 1.54) is 22.7 Å². The Morgan fingerprint density at radius 3 is 2.42 bits per heavy atom. The number of piperidine rings is 1. The van der Waals surface area contributed by atoms with Crippen molar-refractivity contribution in [2.24, 2.45) is 5.92 Å². The minimum Gasteiger partial charge on any atom is -0.492 e. The molecule has 1 saturated heterocycles. The number of ether oxygens (including phenoxy) is 1. The Hall–Kier alpha value is -2.85. The number of carbonyl (C=O) groups excluding carboxylic acids is 2. The van der Waals surface area contributed by atoms with Crippen LogP contribution >= 0.6 is 0 Å². The molecule has 1 aromatic carbocycles. The molecule has 2 heterocycles. The lowest BCUT2D eigenvalue weighted by atomic mass is 9.95. The fraction of sp³-hybridized carbons (Fsp3) is 0.478. The van der Waals surface area contributed by atoms with Crippen molar-refractivity contribution >= 4 is 27.5 Å². The molecule has 1 aliphatic heterocycles. The monoisotopic (exact) mass is 477 g/mol. The molecular formula is C23H31N3O6S. The molecule has 2 amide bonds. The van der Waals surface area contributed by atoms with Crippen molar-refractivity contribution < 1.29 is 27.2 Å². The first-order valence-electron chi connectivity index (χ1n) is 11.2. The molecule has 0 saturated carbocycles. The van der Waals surface area contributed by atoms with E-state index in [1.807, 2.05) is 6.92 Å². The lowest BCUT2D eigenvalue weighted by molar-refractivity contribution is -0.121. The van der Waals surface area contributed by atoms with Crippen LogP contribution in [0.3, 0.4) is 0 Å². The number of likely N-dealkylation sites (tertiary alicyclic amines) is 1. The van der Waals surface area contributed by atoms with Crippen LogP contribution in [0.2, 0.25) is 0 Å². The largest absolute Gasteiger partial charge is 0.492 e. The molecule has 1 aromatic heterocycles. The number of carbonyl (C=O) groups is 2. The van der Waals surface area contributed by atoms with Gasteiger partial charge in [0.2, 0.25) is 15.9 Å². The molecule has 1 N–H and O–H groups in total. The average Bonchev–Trinajstić information content (AvgIpc) is 3.35. The minimum atomic E-state index is -3.68. The van der Waals surface area contributed by atoms with Gasteiger partial charge in [-0.3, -0.25) is 9.59 Å². The maximum Gasteiger partial charge on any atom is 0.289 e. The molecule has 0 unspecified atom stereocenters. The van der Waals surface area contributed by atoms with Crippen LogP contribution in [0.5, 0.6) is 5.75 Å². The normalized spacial score (nSPS) is 15.0. The molecule has 0 aliphatic carbocycles. The van der Waals surface area contributed by atoms with Gasteiger partial charge in [0.15, 0.2) is 5.76 Å². The van der Waals surface area contributed by atoms with Crippen LogP contribution in [0, 0.1) is 5.92 Å². The number of nitrogens with zero attached hydrogens (tertiary/aromatic N) is 2. The molecule has 1 fully saturated rings. The summed E-state index contributed by atoms with van der Waals surface area (Å²) in [6.07, 6.45) is 2.46. The number of rotatable bonds is 9. The van der Waals surface area contributed by atoms with Gasteiger partial charge < -0.3 is 19.4 Å². The molecular weight excluding hydrogens is 446 g/mol. The van der Waals surface area contributed by atoms with E-state index in [2.05, 4.69) is 5.32 Å². The lowest BCUT2D eigenvalue weighted by Gasteiger charge is -2.31. The number of sulfonamides is 1. The Kier molecular flexibility index (Phi) is 8.15. The van der Waals surface area contributed by atoms with Gasteiger partial charge >= 0.3 is 0 Å². The summed E-state index contributed by atoms with van der Waals surface area (Å²) < 4.78 is 38.0. The summed E-state index contributed by atoms with van der Waals surface area (Å²) in [5.41, 5.74) is 0.323. The van der Waals surface area contributed by atoms with Crippen molar-refractivity contribution in [3.63, 3.8) is 0 Å². The van der Waals surface area contributed by atoms with Gasteiger partial charge in [-0.25, -0.2) is 8.42 Å². The van der Waals surface area contributed by atoms with Crippen LogP contribution in [-0.2, 0) is 14.8 Å². The van der Waals surface area contributed by atoms with Gasteiger partial charge in [0.25, 0.3) is 5.91 Å². The number of amides is 2. The predicted molar refractivity (Wildman–Crippen MR) is 124 cm³/mol. The average molecular weight is 478 g/mol. The van der Waals surface area contributed by atoms with Gasteiger partial charge in [0.05, 0.1) is 23.5 Å². The lowest BCUT2D eigenvalue weighted by Crippen LogP contribution is -2.41. The Bertz CT molecular complexity index is 1060. The zero-order valence-electron chi connectivity index (χ0n) is 19.2. The zero-order chi connectivity index (χ0) is 24.0. The molecule has 33 heavy (non-hydrogen) atoms. The zero-order valence-corrected chi connectivity index (χ0v) is 20.1. The van der Waals surface area contributed by atoms with E-state index in [0.717, 1.165) is 0 Å². The van der Waals surface area contributed by atoms with Crippen molar-refractivity contribution in [1.29, 1.82) is 0 Å². The van der Waals surface area contributed by atoms with E-state index >= 15 is 0 Å². The number of hydrogen-bond donors (Lipinski definition) is 1. The van der Waals surface area contributed by atoms with Gasteiger partial charge in [-0.1, -0.05) is 13.8 Å². The van der Waals surface area contributed by atoms with Crippen LogP contribution in [0.25, 0.3) is 0 Å². The van der Waals surface area contributed by atoms with Crippen molar-refractivity contribution in [3.05, 3.63) is 42.4 Å². The third-order valence-electron chi connectivity index (χ3n) is 5.74. The van der Waals surface area contributed by atoms with Gasteiger partial charge in [0, 0.05) is 32.1 Å². The van der Waals surface area contributed by atoms with Crippen LogP contribution in [0.15, 0.2) is 45.9 Å². The topological polar surface area (TPSA) is 109 Å². The Morgan fingerprint density at radius 1 is 1.15 bits per heavy atom. The van der Waals surface area contributed by atoms with E-state index in [-0.39, 0.29) is 28.4 Å². The first-order valence-corrected chi connectivity index (χ1v) is 12.7. The SMILES string of the molecule is CCOc1ccc(S(=O)(=O)N(CC)CC)cc1NC(=O)C1CCN(C(=O)c2ccco2)CC1. The Balaban J connectivity index is 1.72. The molecule has 9 nitrogen and oxygen atoms in total. The number of anilines is 1. The van der Waals surface area contributed by atoms with Crippen LogP contribution < -0.4 is 10.1 Å². The highest BCUT2D eigenvalue weighted by atomic mass is 32.2. The second-order valence-corrected chi connectivity index (χ2v) is 9.65. The third-order valence-corrected chi connectivity index (χ3v) is 7.78. The number of benzene rings is 1. The van der Waals surface area contributed by atoms with Crippen molar-refractivity contribution in [2.45, 2.75) is 38.5 Å². The molecule has 1 aliphatic rings. The van der Waals surface area contributed by atoms with Crippen molar-refractivity contribution in [3.8, 4) is 5.75 Å².